The number of imidazole rings is 1. The number of hydrogen-bond donors (Lipinski definition) is 1. The van der Waals surface area contributed by atoms with Gasteiger partial charge in [-0.3, -0.25) is 0 Å². The lowest BCUT2D eigenvalue weighted by atomic mass is 10.1. The Morgan fingerprint density at radius 3 is 2.67 bits per heavy atom. The minimum atomic E-state index is 0.0613. The summed E-state index contributed by atoms with van der Waals surface area (Å²) in [6.45, 7) is 5.26. The summed E-state index contributed by atoms with van der Waals surface area (Å²) in [7, 11) is 0. The topological polar surface area (TPSA) is 50.2 Å². The first-order chi connectivity index (χ1) is 11.7. The summed E-state index contributed by atoms with van der Waals surface area (Å²) >= 11 is 0. The molecule has 0 aliphatic heterocycles. The number of rotatable bonds is 8. The van der Waals surface area contributed by atoms with E-state index in [9.17, 15) is 4.79 Å². The van der Waals surface area contributed by atoms with Crippen molar-refractivity contribution in [3.63, 3.8) is 0 Å². The van der Waals surface area contributed by atoms with E-state index in [0.29, 0.717) is 6.54 Å². The van der Waals surface area contributed by atoms with E-state index >= 15 is 0 Å². The highest BCUT2D eigenvalue weighted by atomic mass is 16.2. The summed E-state index contributed by atoms with van der Waals surface area (Å²) in [5.74, 6) is 0.727. The molecule has 0 bridgehead atoms. The number of hydrogen-bond acceptors (Lipinski definition) is 2. The molecular formula is C19H26N4O. The lowest BCUT2D eigenvalue weighted by molar-refractivity contribution is 0.195. The van der Waals surface area contributed by atoms with Crippen LogP contribution < -0.4 is 5.32 Å². The number of carbonyl (C=O) groups excluding carboxylic acids is 1. The van der Waals surface area contributed by atoms with E-state index in [1.807, 2.05) is 22.0 Å². The molecule has 0 spiro atoms. The molecule has 1 aromatic heterocycles. The molecule has 5 nitrogen and oxygen atoms in total. The second kappa shape index (κ2) is 7.99. The van der Waals surface area contributed by atoms with Crippen LogP contribution in [0, 0.1) is 5.92 Å². The van der Waals surface area contributed by atoms with Crippen molar-refractivity contribution in [1.29, 1.82) is 0 Å². The first-order valence-corrected chi connectivity index (χ1v) is 8.81. The van der Waals surface area contributed by atoms with E-state index < -0.39 is 0 Å². The lowest BCUT2D eigenvalue weighted by Gasteiger charge is -2.22. The van der Waals surface area contributed by atoms with Crippen LogP contribution in [0.25, 0.3) is 0 Å². The van der Waals surface area contributed by atoms with Crippen molar-refractivity contribution in [2.75, 3.05) is 13.1 Å². The van der Waals surface area contributed by atoms with Gasteiger partial charge in [0.2, 0.25) is 0 Å². The third-order valence-corrected chi connectivity index (χ3v) is 4.35. The number of nitrogens with one attached hydrogen (secondary N) is 1. The molecule has 0 radical (unpaired) electrons. The van der Waals surface area contributed by atoms with Gasteiger partial charge in [0, 0.05) is 38.6 Å². The highest BCUT2D eigenvalue weighted by molar-refractivity contribution is 5.74. The Kier molecular flexibility index (Phi) is 5.51. The number of nitrogens with zero attached hydrogens (tertiary/aromatic N) is 3. The fourth-order valence-electron chi connectivity index (χ4n) is 2.80. The molecule has 1 aliphatic carbocycles. The molecule has 1 aliphatic rings. The van der Waals surface area contributed by atoms with Crippen LogP contribution in [0.2, 0.25) is 0 Å². The van der Waals surface area contributed by atoms with E-state index in [0.717, 1.165) is 37.5 Å². The Labute approximate surface area is 143 Å². The summed E-state index contributed by atoms with van der Waals surface area (Å²) in [6.07, 6.45) is 9.10. The van der Waals surface area contributed by atoms with Gasteiger partial charge in [0.1, 0.15) is 0 Å². The minimum absolute atomic E-state index is 0.0613. The van der Waals surface area contributed by atoms with Crippen LogP contribution >= 0.6 is 0 Å². The summed E-state index contributed by atoms with van der Waals surface area (Å²) < 4.78 is 2.04. The second-order valence-corrected chi connectivity index (χ2v) is 6.60. The predicted molar refractivity (Wildman–Crippen MR) is 94.6 cm³/mol. The first kappa shape index (κ1) is 16.6. The molecule has 0 atom stereocenters. The lowest BCUT2D eigenvalue weighted by Crippen LogP contribution is -2.41. The highest BCUT2D eigenvalue weighted by Crippen LogP contribution is 2.29. The maximum atomic E-state index is 12.4. The van der Waals surface area contributed by atoms with Crippen molar-refractivity contribution in [3.05, 3.63) is 54.1 Å². The number of carbonyl (C=O) groups is 1. The van der Waals surface area contributed by atoms with Crippen molar-refractivity contribution in [2.24, 2.45) is 5.92 Å². The fraction of sp³-hybridized carbons (Fsp3) is 0.474. The van der Waals surface area contributed by atoms with Gasteiger partial charge in [-0.15, -0.1) is 0 Å². The zero-order chi connectivity index (χ0) is 16.8. The average Bonchev–Trinajstić information content (AvgIpc) is 3.27. The van der Waals surface area contributed by atoms with Crippen LogP contribution in [0.1, 0.15) is 37.3 Å². The number of urea groups is 1. The summed E-state index contributed by atoms with van der Waals surface area (Å²) in [5.41, 5.74) is 2.35. The van der Waals surface area contributed by atoms with Gasteiger partial charge in [-0.1, -0.05) is 31.2 Å². The Balaban J connectivity index is 1.48. The van der Waals surface area contributed by atoms with Gasteiger partial charge in [-0.05, 0) is 36.3 Å². The van der Waals surface area contributed by atoms with Gasteiger partial charge in [-0.2, -0.15) is 0 Å². The van der Waals surface area contributed by atoms with Gasteiger partial charge in [-0.25, -0.2) is 9.78 Å². The molecule has 2 amide bonds. The Morgan fingerprint density at radius 2 is 2.04 bits per heavy atom. The quantitative estimate of drug-likeness (QED) is 0.809. The molecule has 3 rings (SSSR count). The number of aromatic nitrogens is 2. The first-order valence-electron chi connectivity index (χ1n) is 8.81. The molecule has 1 heterocycles. The van der Waals surface area contributed by atoms with Crippen LogP contribution in [0.3, 0.4) is 0 Å². The third kappa shape index (κ3) is 4.85. The minimum Gasteiger partial charge on any atom is -0.334 e. The third-order valence-electron chi connectivity index (χ3n) is 4.35. The largest absolute Gasteiger partial charge is 0.334 e. The fourth-order valence-corrected chi connectivity index (χ4v) is 2.80. The van der Waals surface area contributed by atoms with E-state index in [1.54, 1.807) is 6.20 Å². The van der Waals surface area contributed by atoms with Crippen molar-refractivity contribution in [3.8, 4) is 0 Å². The summed E-state index contributed by atoms with van der Waals surface area (Å²) in [6, 6.07) is 8.44. The summed E-state index contributed by atoms with van der Waals surface area (Å²) in [5, 5.41) is 3.05. The Morgan fingerprint density at radius 1 is 1.29 bits per heavy atom. The zero-order valence-electron chi connectivity index (χ0n) is 14.3. The van der Waals surface area contributed by atoms with Crippen molar-refractivity contribution >= 4 is 6.03 Å². The van der Waals surface area contributed by atoms with Crippen LogP contribution in [0.4, 0.5) is 4.79 Å². The maximum Gasteiger partial charge on any atom is 0.317 e. The molecule has 128 valence electrons. The normalized spacial score (nSPS) is 13.7. The van der Waals surface area contributed by atoms with E-state index in [1.165, 1.54) is 18.4 Å². The van der Waals surface area contributed by atoms with Gasteiger partial charge in [0.15, 0.2) is 0 Å². The molecular weight excluding hydrogens is 300 g/mol. The molecule has 1 N–H and O–H groups in total. The molecule has 0 unspecified atom stereocenters. The highest BCUT2D eigenvalue weighted by Gasteiger charge is 2.26. The molecule has 1 fully saturated rings. The molecule has 5 heteroatoms. The molecule has 1 aromatic carbocycles. The smallest absolute Gasteiger partial charge is 0.317 e. The Hall–Kier alpha value is -2.30. The predicted octanol–water partition coefficient (Wildman–Crippen LogP) is 3.26. The van der Waals surface area contributed by atoms with Crippen LogP contribution in [-0.4, -0.2) is 33.6 Å². The van der Waals surface area contributed by atoms with Crippen molar-refractivity contribution < 1.29 is 4.79 Å². The van der Waals surface area contributed by atoms with Crippen LogP contribution in [-0.2, 0) is 13.1 Å². The van der Waals surface area contributed by atoms with Gasteiger partial charge < -0.3 is 14.8 Å². The average molecular weight is 326 g/mol. The molecule has 2 aromatic rings. The zero-order valence-corrected chi connectivity index (χ0v) is 14.3. The van der Waals surface area contributed by atoms with E-state index in [2.05, 4.69) is 41.5 Å². The van der Waals surface area contributed by atoms with Gasteiger partial charge in [0.25, 0.3) is 0 Å². The molecule has 1 saturated carbocycles. The summed E-state index contributed by atoms with van der Waals surface area (Å²) in [4.78, 5) is 18.4. The second-order valence-electron chi connectivity index (χ2n) is 6.60. The van der Waals surface area contributed by atoms with E-state index in [-0.39, 0.29) is 6.03 Å². The van der Waals surface area contributed by atoms with Crippen molar-refractivity contribution in [1.82, 2.24) is 19.8 Å². The van der Waals surface area contributed by atoms with Crippen molar-refractivity contribution in [2.45, 2.75) is 39.3 Å². The number of amides is 2. The monoisotopic (exact) mass is 326 g/mol. The van der Waals surface area contributed by atoms with Gasteiger partial charge in [0.05, 0.1) is 6.33 Å². The molecule has 24 heavy (non-hydrogen) atoms. The maximum absolute atomic E-state index is 12.4. The van der Waals surface area contributed by atoms with E-state index in [4.69, 9.17) is 0 Å². The standard InChI is InChI=1S/C19H26N4O/c1-2-10-23(14-18-7-8-18)19(24)21-12-16-3-5-17(6-4-16)13-22-11-9-20-15-22/h3-6,9,11,15,18H,2,7-8,10,12-14H2,1H3,(H,21,24). The number of benzene rings is 1. The Bertz CT molecular complexity index is 632. The van der Waals surface area contributed by atoms with Crippen LogP contribution in [0.5, 0.6) is 0 Å². The van der Waals surface area contributed by atoms with Crippen LogP contribution in [0.15, 0.2) is 43.0 Å². The SMILES string of the molecule is CCCN(CC1CC1)C(=O)NCc1ccc(Cn2ccnc2)cc1. The molecule has 0 saturated heterocycles. The van der Waals surface area contributed by atoms with Gasteiger partial charge >= 0.3 is 6.03 Å².